The maximum Gasteiger partial charge on any atom is 0.329 e. The molecule has 0 bridgehead atoms. The van der Waals surface area contributed by atoms with Crippen molar-refractivity contribution in [3.05, 3.63) is 76.8 Å². The summed E-state index contributed by atoms with van der Waals surface area (Å²) >= 11 is 3.34. The van der Waals surface area contributed by atoms with Gasteiger partial charge in [0.05, 0.1) is 6.21 Å². The zero-order valence-corrected chi connectivity index (χ0v) is 14.7. The van der Waals surface area contributed by atoms with E-state index in [4.69, 9.17) is 0 Å². The molecule has 0 heterocycles. The van der Waals surface area contributed by atoms with Crippen molar-refractivity contribution < 1.29 is 9.59 Å². The minimum absolute atomic E-state index is 0.552. The molecule has 5 nitrogen and oxygen atoms in total. The molecule has 25 heavy (non-hydrogen) atoms. The number of carbonyl (C=O) groups excluding carboxylic acids is 2. The Bertz CT molecular complexity index is 952. The highest BCUT2D eigenvalue weighted by molar-refractivity contribution is 9.10. The lowest BCUT2D eigenvalue weighted by Crippen LogP contribution is -2.32. The zero-order chi connectivity index (χ0) is 17.6. The van der Waals surface area contributed by atoms with Crippen LogP contribution in [0.5, 0.6) is 0 Å². The first kappa shape index (κ1) is 16.9. The van der Waals surface area contributed by atoms with E-state index in [0.717, 1.165) is 20.8 Å². The number of carbonyl (C=O) groups is 2. The number of rotatable bonds is 3. The van der Waals surface area contributed by atoms with Crippen molar-refractivity contribution in [2.24, 2.45) is 5.10 Å². The Morgan fingerprint density at radius 1 is 0.880 bits per heavy atom. The van der Waals surface area contributed by atoms with E-state index in [1.165, 1.54) is 6.21 Å². The SMILES string of the molecule is O=C(N/N=C\c1ccc(Br)cc1)C(=O)Nc1ccc2ccccc2c1. The van der Waals surface area contributed by atoms with Crippen LogP contribution < -0.4 is 10.7 Å². The number of amides is 2. The predicted octanol–water partition coefficient (Wildman–Crippen LogP) is 3.69. The lowest BCUT2D eigenvalue weighted by Gasteiger charge is -2.05. The van der Waals surface area contributed by atoms with Crippen LogP contribution in [0.15, 0.2) is 76.3 Å². The van der Waals surface area contributed by atoms with E-state index >= 15 is 0 Å². The number of halogens is 1. The van der Waals surface area contributed by atoms with Crippen molar-refractivity contribution in [3.63, 3.8) is 0 Å². The van der Waals surface area contributed by atoms with E-state index in [1.807, 2.05) is 60.7 Å². The lowest BCUT2D eigenvalue weighted by molar-refractivity contribution is -0.136. The number of hydrogen-bond donors (Lipinski definition) is 2. The number of hydrogen-bond acceptors (Lipinski definition) is 3. The number of fused-ring (bicyclic) bond motifs is 1. The molecule has 0 saturated heterocycles. The van der Waals surface area contributed by atoms with Crippen LogP contribution >= 0.6 is 15.9 Å². The summed E-state index contributed by atoms with van der Waals surface area (Å²) in [7, 11) is 0. The van der Waals surface area contributed by atoms with Crippen LogP contribution in [0.1, 0.15) is 5.56 Å². The van der Waals surface area contributed by atoms with Gasteiger partial charge in [0.2, 0.25) is 0 Å². The maximum atomic E-state index is 11.9. The number of hydrazone groups is 1. The molecule has 3 aromatic rings. The predicted molar refractivity (Wildman–Crippen MR) is 102 cm³/mol. The van der Waals surface area contributed by atoms with Crippen LogP contribution in [0.4, 0.5) is 5.69 Å². The summed E-state index contributed by atoms with van der Waals surface area (Å²) < 4.78 is 0.948. The highest BCUT2D eigenvalue weighted by atomic mass is 79.9. The van der Waals surface area contributed by atoms with Gasteiger partial charge in [-0.25, -0.2) is 5.43 Å². The first-order valence-electron chi connectivity index (χ1n) is 7.50. The van der Waals surface area contributed by atoms with E-state index in [2.05, 4.69) is 31.8 Å². The molecule has 2 N–H and O–H groups in total. The van der Waals surface area contributed by atoms with Gasteiger partial charge in [-0.2, -0.15) is 5.10 Å². The van der Waals surface area contributed by atoms with Crippen LogP contribution in [0.2, 0.25) is 0 Å². The third-order valence-corrected chi connectivity index (χ3v) is 3.99. The molecule has 0 radical (unpaired) electrons. The molecule has 0 spiro atoms. The third-order valence-electron chi connectivity index (χ3n) is 3.46. The number of benzene rings is 3. The van der Waals surface area contributed by atoms with Crippen LogP contribution in [-0.4, -0.2) is 18.0 Å². The number of anilines is 1. The summed E-state index contributed by atoms with van der Waals surface area (Å²) in [6.07, 6.45) is 1.47. The fourth-order valence-corrected chi connectivity index (χ4v) is 2.48. The van der Waals surface area contributed by atoms with Gasteiger partial charge in [-0.15, -0.1) is 0 Å². The van der Waals surface area contributed by atoms with E-state index in [-0.39, 0.29) is 0 Å². The first-order valence-corrected chi connectivity index (χ1v) is 8.30. The highest BCUT2D eigenvalue weighted by Gasteiger charge is 2.12. The van der Waals surface area contributed by atoms with E-state index in [1.54, 1.807) is 6.07 Å². The van der Waals surface area contributed by atoms with Gasteiger partial charge in [0, 0.05) is 10.2 Å². The molecule has 6 heteroatoms. The number of nitrogens with zero attached hydrogens (tertiary/aromatic N) is 1. The van der Waals surface area contributed by atoms with Crippen LogP contribution in [0.3, 0.4) is 0 Å². The summed E-state index contributed by atoms with van der Waals surface area (Å²) in [6, 6.07) is 20.6. The second-order valence-corrected chi connectivity index (χ2v) is 6.18. The average molecular weight is 396 g/mol. The Labute approximate surface area is 152 Å². The van der Waals surface area contributed by atoms with Gasteiger partial charge in [-0.05, 0) is 40.6 Å². The molecule has 0 saturated carbocycles. The molecule has 0 aliphatic heterocycles. The van der Waals surface area contributed by atoms with Gasteiger partial charge in [0.1, 0.15) is 0 Å². The molecule has 0 unspecified atom stereocenters. The maximum absolute atomic E-state index is 11.9. The summed E-state index contributed by atoms with van der Waals surface area (Å²) in [5.41, 5.74) is 3.57. The van der Waals surface area contributed by atoms with Crippen LogP contribution in [0.25, 0.3) is 10.8 Å². The second-order valence-electron chi connectivity index (χ2n) is 5.27. The zero-order valence-electron chi connectivity index (χ0n) is 13.1. The van der Waals surface area contributed by atoms with Gasteiger partial charge in [-0.3, -0.25) is 9.59 Å². The first-order chi connectivity index (χ1) is 12.1. The summed E-state index contributed by atoms with van der Waals surface area (Å²) in [4.78, 5) is 23.7. The van der Waals surface area contributed by atoms with Crippen LogP contribution in [0, 0.1) is 0 Å². The minimum atomic E-state index is -0.832. The van der Waals surface area contributed by atoms with Crippen molar-refractivity contribution >= 4 is 50.4 Å². The van der Waals surface area contributed by atoms with Crippen molar-refractivity contribution in [2.75, 3.05) is 5.32 Å². The fourth-order valence-electron chi connectivity index (χ4n) is 2.22. The quantitative estimate of drug-likeness (QED) is 0.403. The molecule has 0 aliphatic carbocycles. The monoisotopic (exact) mass is 395 g/mol. The van der Waals surface area contributed by atoms with Crippen LogP contribution in [-0.2, 0) is 9.59 Å². The molecule has 0 atom stereocenters. The molecule has 0 fully saturated rings. The standard InChI is InChI=1S/C19H14BrN3O2/c20-16-8-5-13(6-9-16)12-21-23-19(25)18(24)22-17-10-7-14-3-1-2-4-15(14)11-17/h1-12H,(H,22,24)(H,23,25)/b21-12-. The van der Waals surface area contributed by atoms with E-state index in [9.17, 15) is 9.59 Å². The Balaban J connectivity index is 1.59. The van der Waals surface area contributed by atoms with E-state index in [0.29, 0.717) is 5.69 Å². The Morgan fingerprint density at radius 3 is 2.36 bits per heavy atom. The number of nitrogens with one attached hydrogen (secondary N) is 2. The summed E-state index contributed by atoms with van der Waals surface area (Å²) in [5.74, 6) is -1.61. The molecule has 2 amide bonds. The lowest BCUT2D eigenvalue weighted by atomic mass is 10.1. The smallest absolute Gasteiger partial charge is 0.318 e. The minimum Gasteiger partial charge on any atom is -0.318 e. The van der Waals surface area contributed by atoms with Gasteiger partial charge in [-0.1, -0.05) is 58.4 Å². The molecule has 124 valence electrons. The van der Waals surface area contributed by atoms with Crippen molar-refractivity contribution in [3.8, 4) is 0 Å². The normalized spacial score (nSPS) is 10.8. The molecule has 3 aromatic carbocycles. The molecular weight excluding hydrogens is 382 g/mol. The Kier molecular flexibility index (Phi) is 5.20. The summed E-state index contributed by atoms with van der Waals surface area (Å²) in [6.45, 7) is 0. The Hall–Kier alpha value is -2.99. The topological polar surface area (TPSA) is 70.6 Å². The largest absolute Gasteiger partial charge is 0.329 e. The molecule has 3 rings (SSSR count). The molecular formula is C19H14BrN3O2. The molecule has 0 aliphatic rings. The van der Waals surface area contributed by atoms with Gasteiger partial charge < -0.3 is 5.32 Å². The highest BCUT2D eigenvalue weighted by Crippen LogP contribution is 2.18. The third kappa shape index (κ3) is 4.51. The Morgan fingerprint density at radius 2 is 1.60 bits per heavy atom. The average Bonchev–Trinajstić information content (AvgIpc) is 2.63. The molecule has 0 aromatic heterocycles. The van der Waals surface area contributed by atoms with Gasteiger partial charge in [0.15, 0.2) is 0 Å². The second kappa shape index (κ2) is 7.72. The fraction of sp³-hybridized carbons (Fsp3) is 0. The van der Waals surface area contributed by atoms with Gasteiger partial charge in [0.25, 0.3) is 0 Å². The van der Waals surface area contributed by atoms with E-state index < -0.39 is 11.8 Å². The van der Waals surface area contributed by atoms with Crippen molar-refractivity contribution in [1.82, 2.24) is 5.43 Å². The van der Waals surface area contributed by atoms with Gasteiger partial charge >= 0.3 is 11.8 Å². The summed E-state index contributed by atoms with van der Waals surface area (Å²) in [5, 5.41) is 8.38. The van der Waals surface area contributed by atoms with Crippen molar-refractivity contribution in [2.45, 2.75) is 0 Å². The van der Waals surface area contributed by atoms with Crippen molar-refractivity contribution in [1.29, 1.82) is 0 Å².